The van der Waals surface area contributed by atoms with E-state index in [1.807, 2.05) is 6.92 Å². The maximum absolute atomic E-state index is 13.2. The van der Waals surface area contributed by atoms with Gasteiger partial charge in [-0.25, -0.2) is 9.37 Å². The van der Waals surface area contributed by atoms with Crippen LogP contribution in [0.25, 0.3) is 5.69 Å². The number of aromatic nitrogens is 2. The van der Waals surface area contributed by atoms with Crippen molar-refractivity contribution in [2.24, 2.45) is 0 Å². The molecule has 2 rings (SSSR count). The van der Waals surface area contributed by atoms with E-state index in [4.69, 9.17) is 5.11 Å². The van der Waals surface area contributed by atoms with E-state index in [2.05, 4.69) is 20.9 Å². The third-order valence-corrected chi connectivity index (χ3v) is 3.85. The van der Waals surface area contributed by atoms with Gasteiger partial charge in [0.25, 0.3) is 0 Å². The number of hydrogen-bond acceptors (Lipinski definition) is 3. The fourth-order valence-electron chi connectivity index (χ4n) is 1.52. The summed E-state index contributed by atoms with van der Waals surface area (Å²) in [5, 5.41) is 9.28. The first-order chi connectivity index (χ1) is 8.97. The smallest absolute Gasteiger partial charge is 0.313 e. The molecule has 1 aromatic carbocycles. The Balaban J connectivity index is 2.37. The predicted octanol–water partition coefficient (Wildman–Crippen LogP) is 3.26. The van der Waals surface area contributed by atoms with Crippen LogP contribution in [0.15, 0.2) is 34.0 Å². The number of carboxylic acid groups (broad SMARTS) is 1. The standard InChI is InChI=1S/C12H10BrFN2O2S/c1-7-5-16(12(15-7)19-6-11(17)18)8-2-3-10(14)9(13)4-8/h2-5H,6H2,1H3,(H,17,18). The molecule has 0 fully saturated rings. The van der Waals surface area contributed by atoms with E-state index in [1.165, 1.54) is 6.07 Å². The van der Waals surface area contributed by atoms with Gasteiger partial charge in [-0.3, -0.25) is 9.36 Å². The van der Waals surface area contributed by atoms with E-state index in [9.17, 15) is 9.18 Å². The van der Waals surface area contributed by atoms with Gasteiger partial charge < -0.3 is 5.11 Å². The molecular weight excluding hydrogens is 335 g/mol. The van der Waals surface area contributed by atoms with Crippen molar-refractivity contribution in [3.05, 3.63) is 40.4 Å². The largest absolute Gasteiger partial charge is 0.481 e. The molecule has 0 aliphatic heterocycles. The first-order valence-corrected chi connectivity index (χ1v) is 7.11. The van der Waals surface area contributed by atoms with E-state index in [0.29, 0.717) is 9.63 Å². The summed E-state index contributed by atoms with van der Waals surface area (Å²) < 4.78 is 15.3. The van der Waals surface area contributed by atoms with Gasteiger partial charge >= 0.3 is 5.97 Å². The topological polar surface area (TPSA) is 55.1 Å². The number of halogens is 2. The molecule has 1 heterocycles. The summed E-state index contributed by atoms with van der Waals surface area (Å²) in [6, 6.07) is 4.59. The van der Waals surface area contributed by atoms with E-state index in [1.54, 1.807) is 22.9 Å². The number of thioether (sulfide) groups is 1. The van der Waals surface area contributed by atoms with Crippen LogP contribution in [0.2, 0.25) is 0 Å². The van der Waals surface area contributed by atoms with Crippen LogP contribution in [0.4, 0.5) is 4.39 Å². The Morgan fingerprint density at radius 1 is 1.58 bits per heavy atom. The fraction of sp³-hybridized carbons (Fsp3) is 0.167. The van der Waals surface area contributed by atoms with Gasteiger partial charge in [0.1, 0.15) is 5.82 Å². The second-order valence-electron chi connectivity index (χ2n) is 3.82. The molecule has 19 heavy (non-hydrogen) atoms. The van der Waals surface area contributed by atoms with Crippen molar-refractivity contribution in [3.63, 3.8) is 0 Å². The van der Waals surface area contributed by atoms with E-state index in [0.717, 1.165) is 23.1 Å². The zero-order chi connectivity index (χ0) is 14.0. The van der Waals surface area contributed by atoms with Crippen molar-refractivity contribution in [2.75, 3.05) is 5.75 Å². The van der Waals surface area contributed by atoms with Gasteiger partial charge in [-0.15, -0.1) is 0 Å². The summed E-state index contributed by atoms with van der Waals surface area (Å²) in [5.41, 5.74) is 1.50. The molecule has 0 atom stereocenters. The SMILES string of the molecule is Cc1cn(-c2ccc(F)c(Br)c2)c(SCC(=O)O)n1. The molecule has 0 bridgehead atoms. The molecule has 4 nitrogen and oxygen atoms in total. The minimum Gasteiger partial charge on any atom is -0.481 e. The summed E-state index contributed by atoms with van der Waals surface area (Å²) in [5.74, 6) is -1.32. The van der Waals surface area contributed by atoms with Crippen LogP contribution in [0.5, 0.6) is 0 Å². The lowest BCUT2D eigenvalue weighted by Gasteiger charge is -2.07. The molecule has 100 valence electrons. The molecule has 1 aromatic heterocycles. The van der Waals surface area contributed by atoms with Crippen molar-refractivity contribution < 1.29 is 14.3 Å². The quantitative estimate of drug-likeness (QED) is 0.865. The summed E-state index contributed by atoms with van der Waals surface area (Å²) in [4.78, 5) is 14.9. The Kier molecular flexibility index (Phi) is 4.26. The second-order valence-corrected chi connectivity index (χ2v) is 5.61. The lowest BCUT2D eigenvalue weighted by molar-refractivity contribution is -0.133. The lowest BCUT2D eigenvalue weighted by atomic mass is 10.3. The molecular formula is C12H10BrFN2O2S. The summed E-state index contributed by atoms with van der Waals surface area (Å²) in [6.45, 7) is 1.82. The number of imidazole rings is 1. The maximum Gasteiger partial charge on any atom is 0.313 e. The Hall–Kier alpha value is -1.34. The predicted molar refractivity (Wildman–Crippen MR) is 74.3 cm³/mol. The summed E-state index contributed by atoms with van der Waals surface area (Å²) in [7, 11) is 0. The number of carbonyl (C=O) groups is 1. The average molecular weight is 345 g/mol. The Morgan fingerprint density at radius 3 is 2.95 bits per heavy atom. The van der Waals surface area contributed by atoms with Crippen LogP contribution in [-0.4, -0.2) is 26.4 Å². The second kappa shape index (κ2) is 5.75. The molecule has 0 radical (unpaired) electrons. The zero-order valence-corrected chi connectivity index (χ0v) is 12.3. The van der Waals surface area contributed by atoms with Gasteiger partial charge in [-0.1, -0.05) is 11.8 Å². The molecule has 0 aliphatic rings. The van der Waals surface area contributed by atoms with Gasteiger partial charge in [0.15, 0.2) is 5.16 Å². The van der Waals surface area contributed by atoms with Gasteiger partial charge in [0, 0.05) is 11.9 Å². The number of hydrogen-bond donors (Lipinski definition) is 1. The third kappa shape index (κ3) is 3.36. The molecule has 1 N–H and O–H groups in total. The fourth-order valence-corrected chi connectivity index (χ4v) is 2.65. The van der Waals surface area contributed by atoms with Crippen LogP contribution in [0, 0.1) is 12.7 Å². The summed E-state index contributed by atoms with van der Waals surface area (Å²) in [6.07, 6.45) is 1.78. The summed E-state index contributed by atoms with van der Waals surface area (Å²) >= 11 is 4.25. The van der Waals surface area contributed by atoms with Crippen molar-refractivity contribution in [2.45, 2.75) is 12.1 Å². The number of carboxylic acids is 1. The third-order valence-electron chi connectivity index (χ3n) is 2.30. The number of rotatable bonds is 4. The minimum absolute atomic E-state index is 0.0706. The van der Waals surface area contributed by atoms with E-state index < -0.39 is 5.97 Å². The van der Waals surface area contributed by atoms with Crippen LogP contribution >= 0.6 is 27.7 Å². The molecule has 2 aromatic rings. The zero-order valence-electron chi connectivity index (χ0n) is 9.93. The molecule has 0 aliphatic carbocycles. The number of aryl methyl sites for hydroxylation is 1. The van der Waals surface area contributed by atoms with Crippen molar-refractivity contribution in [1.82, 2.24) is 9.55 Å². The number of benzene rings is 1. The average Bonchev–Trinajstić information content (AvgIpc) is 2.71. The lowest BCUT2D eigenvalue weighted by Crippen LogP contribution is -2.01. The molecule has 0 saturated carbocycles. The number of aliphatic carboxylic acids is 1. The molecule has 0 spiro atoms. The highest BCUT2D eigenvalue weighted by atomic mass is 79.9. The Morgan fingerprint density at radius 2 is 2.32 bits per heavy atom. The highest BCUT2D eigenvalue weighted by Gasteiger charge is 2.11. The van der Waals surface area contributed by atoms with Crippen molar-refractivity contribution in [1.29, 1.82) is 0 Å². The molecule has 0 unspecified atom stereocenters. The van der Waals surface area contributed by atoms with Gasteiger partial charge in [0.2, 0.25) is 0 Å². The van der Waals surface area contributed by atoms with Gasteiger partial charge in [-0.05, 0) is 41.1 Å². The van der Waals surface area contributed by atoms with Gasteiger partial charge in [0.05, 0.1) is 15.9 Å². The number of nitrogens with zero attached hydrogens (tertiary/aromatic N) is 2. The normalized spacial score (nSPS) is 10.7. The van der Waals surface area contributed by atoms with E-state index >= 15 is 0 Å². The van der Waals surface area contributed by atoms with Crippen LogP contribution in [0.1, 0.15) is 5.69 Å². The molecule has 0 amide bonds. The first kappa shape index (κ1) is 14.1. The highest BCUT2D eigenvalue weighted by Crippen LogP contribution is 2.25. The minimum atomic E-state index is -0.905. The van der Waals surface area contributed by atoms with Gasteiger partial charge in [-0.2, -0.15) is 0 Å². The van der Waals surface area contributed by atoms with E-state index in [-0.39, 0.29) is 11.6 Å². The monoisotopic (exact) mass is 344 g/mol. The molecule has 7 heteroatoms. The van der Waals surface area contributed by atoms with Crippen LogP contribution in [0.3, 0.4) is 0 Å². The van der Waals surface area contributed by atoms with Crippen LogP contribution in [-0.2, 0) is 4.79 Å². The van der Waals surface area contributed by atoms with Crippen LogP contribution < -0.4 is 0 Å². The van der Waals surface area contributed by atoms with Crippen molar-refractivity contribution >= 4 is 33.7 Å². The highest BCUT2D eigenvalue weighted by molar-refractivity contribution is 9.10. The first-order valence-electron chi connectivity index (χ1n) is 5.33. The van der Waals surface area contributed by atoms with Crippen molar-refractivity contribution in [3.8, 4) is 5.69 Å². The maximum atomic E-state index is 13.2. The molecule has 0 saturated heterocycles. The Bertz CT molecular complexity index is 630. The Labute approximate surface area is 121 Å².